The van der Waals surface area contributed by atoms with Crippen LogP contribution in [0.2, 0.25) is 0 Å². The Morgan fingerprint density at radius 2 is 1.77 bits per heavy atom. The van der Waals surface area contributed by atoms with Crippen LogP contribution in [0.1, 0.15) is 57.6 Å². The van der Waals surface area contributed by atoms with Crippen LogP contribution in [0.15, 0.2) is 24.3 Å². The van der Waals surface area contributed by atoms with E-state index in [2.05, 4.69) is 36.8 Å². The molecule has 0 aliphatic carbocycles. The van der Waals surface area contributed by atoms with Gasteiger partial charge in [0.1, 0.15) is 5.75 Å². The smallest absolute Gasteiger partial charge is 0.119 e. The van der Waals surface area contributed by atoms with Crippen molar-refractivity contribution in [2.75, 3.05) is 13.2 Å². The van der Waals surface area contributed by atoms with Crippen LogP contribution in [0.3, 0.4) is 0 Å². The first-order valence-electron chi connectivity index (χ1n) is 8.61. The van der Waals surface area contributed by atoms with Gasteiger partial charge >= 0.3 is 0 Å². The van der Waals surface area contributed by atoms with Gasteiger partial charge in [0.2, 0.25) is 0 Å². The monoisotopic (exact) mass is 306 g/mol. The maximum atomic E-state index is 9.52. The van der Waals surface area contributed by atoms with Crippen molar-refractivity contribution in [2.45, 2.75) is 58.0 Å². The van der Waals surface area contributed by atoms with Gasteiger partial charge in [-0.25, -0.2) is 5.43 Å². The van der Waals surface area contributed by atoms with Gasteiger partial charge in [-0.2, -0.15) is 0 Å². The molecule has 3 N–H and O–H groups in total. The summed E-state index contributed by atoms with van der Waals surface area (Å²) in [6.07, 6.45) is 6.28. The molecule has 1 aliphatic heterocycles. The Morgan fingerprint density at radius 3 is 2.45 bits per heavy atom. The highest BCUT2D eigenvalue weighted by molar-refractivity contribution is 5.30. The molecule has 0 bridgehead atoms. The topological polar surface area (TPSA) is 53.5 Å². The van der Waals surface area contributed by atoms with E-state index in [4.69, 9.17) is 4.74 Å². The molecule has 1 aromatic carbocycles. The van der Waals surface area contributed by atoms with Crippen LogP contribution in [0.25, 0.3) is 0 Å². The summed E-state index contributed by atoms with van der Waals surface area (Å²) in [5.41, 5.74) is 7.65. The van der Waals surface area contributed by atoms with Crippen LogP contribution >= 0.6 is 0 Å². The predicted molar refractivity (Wildman–Crippen MR) is 89.7 cm³/mol. The zero-order valence-electron chi connectivity index (χ0n) is 13.8. The maximum Gasteiger partial charge on any atom is 0.119 e. The second-order valence-corrected chi connectivity index (χ2v) is 6.23. The van der Waals surface area contributed by atoms with Crippen molar-refractivity contribution < 1.29 is 9.84 Å². The molecule has 1 aromatic rings. The van der Waals surface area contributed by atoms with E-state index < -0.39 is 0 Å². The lowest BCUT2D eigenvalue weighted by Gasteiger charge is -2.19. The maximum absolute atomic E-state index is 9.52. The van der Waals surface area contributed by atoms with Crippen LogP contribution in [0.5, 0.6) is 5.75 Å². The Hall–Kier alpha value is -1.10. The fourth-order valence-corrected chi connectivity index (χ4v) is 2.99. The average Bonchev–Trinajstić information content (AvgIpc) is 2.92. The number of benzene rings is 1. The molecule has 4 nitrogen and oxygen atoms in total. The molecule has 1 heterocycles. The number of ether oxygens (including phenoxy) is 1. The third-order valence-corrected chi connectivity index (χ3v) is 4.50. The van der Waals surface area contributed by atoms with Gasteiger partial charge < -0.3 is 9.84 Å². The highest BCUT2D eigenvalue weighted by atomic mass is 16.5. The van der Waals surface area contributed by atoms with Gasteiger partial charge in [0.05, 0.1) is 12.6 Å². The minimum Gasteiger partial charge on any atom is -0.494 e. The van der Waals surface area contributed by atoms with Gasteiger partial charge in [-0.3, -0.25) is 5.43 Å². The lowest BCUT2D eigenvalue weighted by atomic mass is 9.91. The number of hydrogen-bond donors (Lipinski definition) is 3. The van der Waals surface area contributed by atoms with Crippen molar-refractivity contribution in [2.24, 2.45) is 5.92 Å². The van der Waals surface area contributed by atoms with E-state index in [-0.39, 0.29) is 24.6 Å². The highest BCUT2D eigenvalue weighted by Gasteiger charge is 2.33. The lowest BCUT2D eigenvalue weighted by Crippen LogP contribution is -2.29. The molecule has 1 saturated heterocycles. The fraction of sp³-hybridized carbons (Fsp3) is 0.667. The summed E-state index contributed by atoms with van der Waals surface area (Å²) >= 11 is 0. The third kappa shape index (κ3) is 4.70. The zero-order valence-corrected chi connectivity index (χ0v) is 13.8. The molecule has 2 rings (SSSR count). The van der Waals surface area contributed by atoms with Crippen LogP contribution in [-0.4, -0.2) is 24.4 Å². The molecule has 0 aromatic heterocycles. The van der Waals surface area contributed by atoms with E-state index in [0.29, 0.717) is 0 Å². The quantitative estimate of drug-likeness (QED) is 0.613. The molecule has 0 radical (unpaired) electrons. The fourth-order valence-electron chi connectivity index (χ4n) is 2.99. The van der Waals surface area contributed by atoms with E-state index in [1.165, 1.54) is 31.2 Å². The Labute approximate surface area is 134 Å². The summed E-state index contributed by atoms with van der Waals surface area (Å²) < 4.78 is 5.79. The Balaban J connectivity index is 1.78. The Kier molecular flexibility index (Phi) is 7.16. The van der Waals surface area contributed by atoms with Crippen molar-refractivity contribution in [1.82, 2.24) is 10.9 Å². The summed E-state index contributed by atoms with van der Waals surface area (Å²) in [7, 11) is 0. The van der Waals surface area contributed by atoms with Crippen LogP contribution in [-0.2, 0) is 0 Å². The normalized spacial score (nSPS) is 24.6. The number of unbranched alkanes of at least 4 members (excludes halogenated alkanes) is 4. The van der Waals surface area contributed by atoms with Gasteiger partial charge in [0.25, 0.3) is 0 Å². The minimum absolute atomic E-state index is 0.156. The molecular formula is C18H30N2O2. The first kappa shape index (κ1) is 17.3. The summed E-state index contributed by atoms with van der Waals surface area (Å²) in [6.45, 7) is 5.29. The molecule has 0 saturated carbocycles. The number of hydrogen-bond acceptors (Lipinski definition) is 4. The summed E-state index contributed by atoms with van der Waals surface area (Å²) in [5.74, 6) is 1.13. The van der Waals surface area contributed by atoms with Crippen LogP contribution < -0.4 is 15.6 Å². The number of rotatable bonds is 9. The Morgan fingerprint density at radius 1 is 1.05 bits per heavy atom. The first-order valence-corrected chi connectivity index (χ1v) is 8.61. The molecule has 1 aliphatic rings. The molecular weight excluding hydrogens is 276 g/mol. The SMILES string of the molecule is CCCCCCCOc1ccc(C2NNC(C)C2CO)cc1. The van der Waals surface area contributed by atoms with Crippen molar-refractivity contribution in [3.63, 3.8) is 0 Å². The van der Waals surface area contributed by atoms with Crippen molar-refractivity contribution in [1.29, 1.82) is 0 Å². The highest BCUT2D eigenvalue weighted by Crippen LogP contribution is 2.29. The van der Waals surface area contributed by atoms with E-state index in [1.807, 2.05) is 12.1 Å². The number of aliphatic hydroxyl groups excluding tert-OH is 1. The molecule has 3 unspecified atom stereocenters. The zero-order chi connectivity index (χ0) is 15.8. The number of nitrogens with one attached hydrogen (secondary N) is 2. The van der Waals surface area contributed by atoms with E-state index >= 15 is 0 Å². The molecule has 124 valence electrons. The molecule has 4 heteroatoms. The van der Waals surface area contributed by atoms with E-state index in [9.17, 15) is 5.11 Å². The second-order valence-electron chi connectivity index (χ2n) is 6.23. The molecule has 22 heavy (non-hydrogen) atoms. The number of aliphatic hydroxyl groups is 1. The van der Waals surface area contributed by atoms with Crippen LogP contribution in [0.4, 0.5) is 0 Å². The standard InChI is InChI=1S/C18H30N2O2/c1-3-4-5-6-7-12-22-16-10-8-15(9-11-16)18-17(13-21)14(2)19-20-18/h8-11,14,17-21H,3-7,12-13H2,1-2H3. The predicted octanol–water partition coefficient (Wildman–Crippen LogP) is 3.18. The minimum atomic E-state index is 0.156. The van der Waals surface area contributed by atoms with E-state index in [1.54, 1.807) is 0 Å². The molecule has 0 spiro atoms. The molecule has 1 fully saturated rings. The van der Waals surface area contributed by atoms with Gasteiger partial charge in [-0.1, -0.05) is 44.7 Å². The first-order chi connectivity index (χ1) is 10.8. The third-order valence-electron chi connectivity index (χ3n) is 4.50. The molecule has 3 atom stereocenters. The molecule has 0 amide bonds. The van der Waals surface area contributed by atoms with E-state index in [0.717, 1.165) is 18.8 Å². The van der Waals surface area contributed by atoms with Gasteiger partial charge in [-0.05, 0) is 31.0 Å². The number of hydrazine groups is 1. The average molecular weight is 306 g/mol. The Bertz CT molecular complexity index is 422. The van der Waals surface area contributed by atoms with Gasteiger partial charge in [-0.15, -0.1) is 0 Å². The lowest BCUT2D eigenvalue weighted by molar-refractivity contribution is 0.204. The second kappa shape index (κ2) is 9.13. The van der Waals surface area contributed by atoms with Crippen LogP contribution in [0, 0.1) is 5.92 Å². The van der Waals surface area contributed by atoms with Gasteiger partial charge in [0.15, 0.2) is 0 Å². The summed E-state index contributed by atoms with van der Waals surface area (Å²) in [5, 5.41) is 9.52. The summed E-state index contributed by atoms with van der Waals surface area (Å²) in [6, 6.07) is 8.66. The van der Waals surface area contributed by atoms with Crippen molar-refractivity contribution >= 4 is 0 Å². The largest absolute Gasteiger partial charge is 0.494 e. The van der Waals surface area contributed by atoms with Crippen molar-refractivity contribution in [3.05, 3.63) is 29.8 Å². The van der Waals surface area contributed by atoms with Gasteiger partial charge in [0, 0.05) is 18.6 Å². The van der Waals surface area contributed by atoms with Crippen molar-refractivity contribution in [3.8, 4) is 5.75 Å². The summed E-state index contributed by atoms with van der Waals surface area (Å²) in [4.78, 5) is 0.